The Morgan fingerprint density at radius 3 is 2.20 bits per heavy atom. The maximum atomic E-state index is 14.3. The summed E-state index contributed by atoms with van der Waals surface area (Å²) in [5.41, 5.74) is 3.13. The van der Waals surface area contributed by atoms with E-state index >= 15 is 0 Å². The molecular weight excluding hydrogens is 682 g/mol. The molecule has 6 rings (SSSR count). The van der Waals surface area contributed by atoms with E-state index in [0.717, 1.165) is 22.5 Å². The van der Waals surface area contributed by atoms with Gasteiger partial charge in [0.1, 0.15) is 23.9 Å². The number of anilines is 1. The van der Waals surface area contributed by atoms with Crippen molar-refractivity contribution in [2.75, 3.05) is 26.2 Å². The maximum Gasteiger partial charge on any atom is 0.301 e. The van der Waals surface area contributed by atoms with E-state index in [-0.39, 0.29) is 33.8 Å². The van der Waals surface area contributed by atoms with Gasteiger partial charge in [-0.2, -0.15) is 0 Å². The van der Waals surface area contributed by atoms with Gasteiger partial charge in [0.25, 0.3) is 5.78 Å². The number of hydrogen-bond donors (Lipinski definition) is 1. The molecule has 1 aliphatic heterocycles. The van der Waals surface area contributed by atoms with Gasteiger partial charge in [0, 0.05) is 11.3 Å². The zero-order chi connectivity index (χ0) is 35.4. The number of hydrogen-bond acceptors (Lipinski definition) is 11. The lowest BCUT2D eigenvalue weighted by Crippen LogP contribution is -2.29. The number of ketones is 1. The molecule has 1 amide bonds. The fraction of sp³-hybridized carbons (Fsp3) is 0.189. The molecule has 0 aliphatic carbocycles. The number of Topliss-reactive ketones (excluding diaryl/α,β-unsaturated/α-hetero) is 1. The highest BCUT2D eigenvalue weighted by Gasteiger charge is 2.49. The first-order chi connectivity index (χ1) is 24.2. The minimum Gasteiger partial charge on any atom is -0.507 e. The van der Waals surface area contributed by atoms with Crippen molar-refractivity contribution < 1.29 is 38.0 Å². The normalized spacial score (nSPS) is 15.3. The van der Waals surface area contributed by atoms with Crippen molar-refractivity contribution >= 4 is 45.7 Å². The molecule has 50 heavy (non-hydrogen) atoms. The number of aliphatic hydroxyl groups is 1. The van der Waals surface area contributed by atoms with E-state index in [1.165, 1.54) is 44.1 Å². The van der Waals surface area contributed by atoms with Crippen LogP contribution in [-0.4, -0.2) is 48.3 Å². The third-order valence-electron chi connectivity index (χ3n) is 8.14. The number of aryl methyl sites for hydroxylation is 1. The largest absolute Gasteiger partial charge is 0.507 e. The number of aromatic nitrogens is 2. The van der Waals surface area contributed by atoms with Gasteiger partial charge < -0.3 is 24.1 Å². The van der Waals surface area contributed by atoms with Crippen LogP contribution >= 0.6 is 23.1 Å². The van der Waals surface area contributed by atoms with Gasteiger partial charge in [0.15, 0.2) is 15.8 Å². The summed E-state index contributed by atoms with van der Waals surface area (Å²) >= 11 is 2.31. The lowest BCUT2D eigenvalue weighted by molar-refractivity contribution is -0.132. The predicted octanol–water partition coefficient (Wildman–Crippen LogP) is 7.51. The number of nitrogens with zero attached hydrogens (tertiary/aromatic N) is 3. The number of carbonyl (C=O) groups excluding carboxylic acids is 2. The van der Waals surface area contributed by atoms with Gasteiger partial charge >= 0.3 is 5.91 Å². The Bertz CT molecular complexity index is 2060. The van der Waals surface area contributed by atoms with Crippen molar-refractivity contribution in [1.29, 1.82) is 0 Å². The van der Waals surface area contributed by atoms with Crippen LogP contribution in [0.4, 0.5) is 9.52 Å². The van der Waals surface area contributed by atoms with Gasteiger partial charge in [-0.1, -0.05) is 65.6 Å². The molecule has 1 fully saturated rings. The van der Waals surface area contributed by atoms with Crippen LogP contribution < -0.4 is 23.8 Å². The minimum absolute atomic E-state index is 0.112. The number of halogens is 1. The summed E-state index contributed by atoms with van der Waals surface area (Å²) in [6.07, 6.45) is 0. The Labute approximate surface area is 296 Å². The van der Waals surface area contributed by atoms with Crippen molar-refractivity contribution in [3.63, 3.8) is 0 Å². The molecule has 10 nitrogen and oxygen atoms in total. The average molecular weight is 714 g/mol. The molecule has 13 heteroatoms. The molecule has 1 atom stereocenters. The van der Waals surface area contributed by atoms with E-state index in [0.29, 0.717) is 39.1 Å². The Morgan fingerprint density at radius 1 is 0.900 bits per heavy atom. The molecule has 0 spiro atoms. The molecule has 1 aromatic heterocycles. The molecule has 0 bridgehead atoms. The minimum atomic E-state index is -1.15. The quantitative estimate of drug-likeness (QED) is 0.0457. The number of carbonyl (C=O) groups is 2. The van der Waals surface area contributed by atoms with Crippen molar-refractivity contribution in [2.24, 2.45) is 0 Å². The van der Waals surface area contributed by atoms with Gasteiger partial charge in [0.2, 0.25) is 10.9 Å². The number of aliphatic hydroxyl groups excluding tert-OH is 1. The number of ether oxygens (including phenoxy) is 4. The zero-order valence-corrected chi connectivity index (χ0v) is 29.1. The van der Waals surface area contributed by atoms with E-state index < -0.39 is 23.5 Å². The van der Waals surface area contributed by atoms with Gasteiger partial charge in [-0.25, -0.2) is 4.39 Å². The first kappa shape index (κ1) is 34.5. The highest BCUT2D eigenvalue weighted by atomic mass is 32.2. The zero-order valence-electron chi connectivity index (χ0n) is 27.5. The summed E-state index contributed by atoms with van der Waals surface area (Å²) in [5, 5.41) is 20.3. The molecular formula is C37H32FN3O7S2. The molecule has 1 N–H and O–H groups in total. The van der Waals surface area contributed by atoms with E-state index in [2.05, 4.69) is 10.2 Å². The maximum absolute atomic E-state index is 14.3. The lowest BCUT2D eigenvalue weighted by Gasteiger charge is -2.24. The smallest absolute Gasteiger partial charge is 0.301 e. The Balaban J connectivity index is 1.38. The highest BCUT2D eigenvalue weighted by molar-refractivity contribution is 8.00. The molecule has 256 valence electrons. The van der Waals surface area contributed by atoms with Crippen LogP contribution in [0.5, 0.6) is 23.0 Å². The van der Waals surface area contributed by atoms with E-state index in [1.54, 1.807) is 54.6 Å². The molecule has 5 aromatic rings. The summed E-state index contributed by atoms with van der Waals surface area (Å²) in [7, 11) is 4.36. The second kappa shape index (κ2) is 15.0. The van der Waals surface area contributed by atoms with Crippen LogP contribution in [0.1, 0.15) is 33.9 Å². The molecule has 0 radical (unpaired) electrons. The monoisotopic (exact) mass is 713 g/mol. The summed E-state index contributed by atoms with van der Waals surface area (Å²) < 4.78 is 37.3. The van der Waals surface area contributed by atoms with Crippen LogP contribution in [0.3, 0.4) is 0 Å². The van der Waals surface area contributed by atoms with E-state index in [4.69, 9.17) is 18.9 Å². The van der Waals surface area contributed by atoms with Crippen LogP contribution in [0.2, 0.25) is 0 Å². The Kier molecular flexibility index (Phi) is 10.3. The molecule has 0 saturated carbocycles. The predicted molar refractivity (Wildman–Crippen MR) is 189 cm³/mol. The molecule has 1 aliphatic rings. The third-order valence-corrected chi connectivity index (χ3v) is 10.2. The van der Waals surface area contributed by atoms with Crippen LogP contribution in [-0.2, 0) is 21.9 Å². The molecule has 4 aromatic carbocycles. The summed E-state index contributed by atoms with van der Waals surface area (Å²) in [6.45, 7) is 2.36. The van der Waals surface area contributed by atoms with Crippen molar-refractivity contribution in [1.82, 2.24) is 10.2 Å². The summed E-state index contributed by atoms with van der Waals surface area (Å²) in [6, 6.07) is 23.0. The summed E-state index contributed by atoms with van der Waals surface area (Å²) in [4.78, 5) is 28.8. The standard InChI is InChI=1S/C37H32FN3O7S2/c1-21-9-5-6-10-23(21)19-48-26-15-13-22(14-16-26)32(42)30-31(25-17-28(45-2)34(47-4)29(18-25)46-3)41(35(44)33(30)43)36-39-40-37(50-36)49-20-24-11-7-8-12-27(24)38/h5-18,31,42H,19-20H2,1-4H3/b32-30+. The van der Waals surface area contributed by atoms with Crippen LogP contribution in [0.25, 0.3) is 5.76 Å². The molecule has 2 heterocycles. The topological polar surface area (TPSA) is 120 Å². The fourth-order valence-corrected chi connectivity index (χ4v) is 7.37. The second-order valence-corrected chi connectivity index (χ2v) is 13.3. The molecule has 1 unspecified atom stereocenters. The van der Waals surface area contributed by atoms with Gasteiger partial charge in [0.05, 0.1) is 32.9 Å². The molecule has 1 saturated heterocycles. The second-order valence-electron chi connectivity index (χ2n) is 11.1. The number of thioether (sulfide) groups is 1. The fourth-order valence-electron chi connectivity index (χ4n) is 5.52. The van der Waals surface area contributed by atoms with Crippen LogP contribution in [0.15, 0.2) is 94.8 Å². The average Bonchev–Trinajstić information content (AvgIpc) is 3.71. The number of methoxy groups -OCH3 is 3. The number of rotatable bonds is 12. The SMILES string of the molecule is COc1cc(C2/C(=C(\O)c3ccc(OCc4ccccc4C)cc3)C(=O)C(=O)N2c2nnc(SCc3ccccc3F)s2)cc(OC)c1OC. The number of benzene rings is 4. The highest BCUT2D eigenvalue weighted by Crippen LogP contribution is 2.48. The lowest BCUT2D eigenvalue weighted by atomic mass is 9.94. The van der Waals surface area contributed by atoms with E-state index in [1.807, 2.05) is 31.2 Å². The first-order valence-electron chi connectivity index (χ1n) is 15.3. The van der Waals surface area contributed by atoms with Gasteiger partial charge in [-0.15, -0.1) is 10.2 Å². The van der Waals surface area contributed by atoms with Crippen molar-refractivity contribution in [2.45, 2.75) is 29.7 Å². The van der Waals surface area contributed by atoms with Crippen molar-refractivity contribution in [3.05, 3.63) is 124 Å². The first-order valence-corrected chi connectivity index (χ1v) is 17.1. The van der Waals surface area contributed by atoms with Gasteiger partial charge in [-0.05, 0) is 71.6 Å². The van der Waals surface area contributed by atoms with Crippen molar-refractivity contribution in [3.8, 4) is 23.0 Å². The Morgan fingerprint density at radius 2 is 1.56 bits per heavy atom. The summed E-state index contributed by atoms with van der Waals surface area (Å²) in [5.74, 6) is -0.872. The van der Waals surface area contributed by atoms with Gasteiger partial charge in [-0.3, -0.25) is 14.5 Å². The number of amides is 1. The third kappa shape index (κ3) is 6.87. The van der Waals surface area contributed by atoms with Crippen LogP contribution in [0, 0.1) is 12.7 Å². The van der Waals surface area contributed by atoms with E-state index in [9.17, 15) is 19.1 Å². The Hall–Kier alpha value is -5.40.